The van der Waals surface area contributed by atoms with Crippen LogP contribution in [0.2, 0.25) is 0 Å². The van der Waals surface area contributed by atoms with Gasteiger partial charge in [0.15, 0.2) is 11.5 Å². The zero-order valence-electron chi connectivity index (χ0n) is 18.0. The maximum Gasteiger partial charge on any atom is 0.302 e. The summed E-state index contributed by atoms with van der Waals surface area (Å²) in [6, 6.07) is 0. The van der Waals surface area contributed by atoms with Gasteiger partial charge in [0.25, 0.3) is 0 Å². The molecule has 0 unspecified atom stereocenters. The fourth-order valence-electron chi connectivity index (χ4n) is 7.64. The van der Waals surface area contributed by atoms with Crippen molar-refractivity contribution in [2.24, 2.45) is 28.6 Å². The van der Waals surface area contributed by atoms with Crippen molar-refractivity contribution >= 4 is 17.7 Å². The van der Waals surface area contributed by atoms with Crippen molar-refractivity contribution in [3.05, 3.63) is 0 Å². The molecule has 4 aliphatic rings. The van der Waals surface area contributed by atoms with Crippen molar-refractivity contribution < 1.29 is 28.2 Å². The lowest BCUT2D eigenvalue weighted by Crippen LogP contribution is -2.65. The Hall–Kier alpha value is -1.46. The molecule has 0 aliphatic heterocycles. The SMILES string of the molecule is CC(=O)O[C@H]1CC[C@]2(C)[C@H]3CC[C@]4(C)[C@@H](OC(C)=O)CC[C@H]4[C@@H]3CC(=O)[C@@]2(F)C1. The van der Waals surface area contributed by atoms with Crippen LogP contribution in [-0.4, -0.2) is 35.6 Å². The van der Waals surface area contributed by atoms with E-state index in [0.717, 1.165) is 25.7 Å². The Labute approximate surface area is 172 Å². The minimum atomic E-state index is -1.92. The molecular weight excluding hydrogens is 375 g/mol. The highest BCUT2D eigenvalue weighted by atomic mass is 19.1. The second-order valence-electron chi connectivity index (χ2n) is 10.4. The van der Waals surface area contributed by atoms with Crippen molar-refractivity contribution in [3.8, 4) is 0 Å². The third-order valence-corrected chi connectivity index (χ3v) is 9.07. The largest absolute Gasteiger partial charge is 0.462 e. The minimum Gasteiger partial charge on any atom is -0.462 e. The number of hydrogen-bond donors (Lipinski definition) is 0. The van der Waals surface area contributed by atoms with Gasteiger partial charge in [-0.2, -0.15) is 0 Å². The number of esters is 2. The molecule has 4 aliphatic carbocycles. The zero-order chi connectivity index (χ0) is 21.2. The van der Waals surface area contributed by atoms with E-state index < -0.39 is 23.2 Å². The van der Waals surface area contributed by atoms with Gasteiger partial charge in [0.2, 0.25) is 0 Å². The fourth-order valence-corrected chi connectivity index (χ4v) is 7.64. The predicted molar refractivity (Wildman–Crippen MR) is 104 cm³/mol. The van der Waals surface area contributed by atoms with Crippen LogP contribution < -0.4 is 0 Å². The predicted octanol–water partition coefficient (Wildman–Crippen LogP) is 4.16. The summed E-state index contributed by atoms with van der Waals surface area (Å²) in [5.41, 5.74) is -2.77. The summed E-state index contributed by atoms with van der Waals surface area (Å²) < 4.78 is 27.3. The summed E-state index contributed by atoms with van der Waals surface area (Å²) in [6.07, 6.45) is 4.28. The molecule has 5 nitrogen and oxygen atoms in total. The molecule has 0 radical (unpaired) electrons. The van der Waals surface area contributed by atoms with Crippen molar-refractivity contribution in [2.75, 3.05) is 0 Å². The molecule has 162 valence electrons. The summed E-state index contributed by atoms with van der Waals surface area (Å²) in [7, 11) is 0. The van der Waals surface area contributed by atoms with Crippen molar-refractivity contribution in [1.82, 2.24) is 0 Å². The summed E-state index contributed by atoms with van der Waals surface area (Å²) in [5, 5.41) is 0. The minimum absolute atomic E-state index is 0.0108. The average Bonchev–Trinajstić information content (AvgIpc) is 2.93. The van der Waals surface area contributed by atoms with E-state index in [4.69, 9.17) is 9.47 Å². The quantitative estimate of drug-likeness (QED) is 0.642. The van der Waals surface area contributed by atoms with Gasteiger partial charge in [0.05, 0.1) is 0 Å². The van der Waals surface area contributed by atoms with Crippen LogP contribution in [0.5, 0.6) is 0 Å². The van der Waals surface area contributed by atoms with E-state index >= 15 is 4.39 Å². The molecule has 29 heavy (non-hydrogen) atoms. The molecule has 0 spiro atoms. The van der Waals surface area contributed by atoms with Crippen LogP contribution in [0.4, 0.5) is 4.39 Å². The number of ether oxygens (including phenoxy) is 2. The van der Waals surface area contributed by atoms with Gasteiger partial charge in [-0.1, -0.05) is 13.8 Å². The molecule has 0 aromatic carbocycles. The Bertz CT molecular complexity index is 737. The zero-order valence-corrected chi connectivity index (χ0v) is 18.0. The monoisotopic (exact) mass is 408 g/mol. The van der Waals surface area contributed by atoms with Gasteiger partial charge in [-0.05, 0) is 56.3 Å². The number of Topliss-reactive ketones (excluding diaryl/α,β-unsaturated/α-hetero) is 1. The van der Waals surface area contributed by atoms with Crippen LogP contribution in [0.3, 0.4) is 0 Å². The molecule has 6 heteroatoms. The summed E-state index contributed by atoms with van der Waals surface area (Å²) in [5.74, 6) is -0.435. The Morgan fingerprint density at radius 2 is 1.66 bits per heavy atom. The summed E-state index contributed by atoms with van der Waals surface area (Å²) >= 11 is 0. The van der Waals surface area contributed by atoms with Gasteiger partial charge in [-0.15, -0.1) is 0 Å². The summed E-state index contributed by atoms with van der Waals surface area (Å²) in [6.45, 7) is 6.93. The number of alkyl halides is 1. The first-order valence-electron chi connectivity index (χ1n) is 11.1. The first-order chi connectivity index (χ1) is 13.5. The van der Waals surface area contributed by atoms with Gasteiger partial charge in [-0.3, -0.25) is 14.4 Å². The van der Waals surface area contributed by atoms with E-state index in [1.165, 1.54) is 13.8 Å². The van der Waals surface area contributed by atoms with E-state index in [-0.39, 0.29) is 53.9 Å². The maximum absolute atomic E-state index is 16.3. The summed E-state index contributed by atoms with van der Waals surface area (Å²) in [4.78, 5) is 36.1. The number of halogens is 1. The van der Waals surface area contributed by atoms with E-state index in [2.05, 4.69) is 6.92 Å². The highest BCUT2D eigenvalue weighted by Gasteiger charge is 2.69. The van der Waals surface area contributed by atoms with Gasteiger partial charge in [0, 0.05) is 37.5 Å². The molecule has 4 saturated carbocycles. The number of rotatable bonds is 2. The van der Waals surface area contributed by atoms with E-state index in [1.54, 1.807) is 0 Å². The normalized spacial score (nSPS) is 48.9. The van der Waals surface area contributed by atoms with Gasteiger partial charge in [0.1, 0.15) is 12.2 Å². The molecule has 8 atom stereocenters. The van der Waals surface area contributed by atoms with Crippen LogP contribution in [0.1, 0.15) is 79.1 Å². The molecule has 0 amide bonds. The molecule has 0 N–H and O–H groups in total. The number of hydrogen-bond acceptors (Lipinski definition) is 5. The third-order valence-electron chi connectivity index (χ3n) is 9.07. The van der Waals surface area contributed by atoms with Crippen LogP contribution in [-0.2, 0) is 23.9 Å². The molecule has 0 saturated heterocycles. The number of carbonyl (C=O) groups excluding carboxylic acids is 3. The fraction of sp³-hybridized carbons (Fsp3) is 0.870. The lowest BCUT2D eigenvalue weighted by atomic mass is 9.43. The van der Waals surface area contributed by atoms with Crippen molar-refractivity contribution in [2.45, 2.75) is 96.9 Å². The lowest BCUT2D eigenvalue weighted by molar-refractivity contribution is -0.199. The second-order valence-corrected chi connectivity index (χ2v) is 10.4. The molecule has 0 bridgehead atoms. The average molecular weight is 409 g/mol. The highest BCUT2D eigenvalue weighted by Crippen LogP contribution is 2.67. The molecule has 4 rings (SSSR count). The smallest absolute Gasteiger partial charge is 0.302 e. The Morgan fingerprint density at radius 3 is 2.31 bits per heavy atom. The first kappa shape index (κ1) is 20.8. The van der Waals surface area contributed by atoms with Crippen molar-refractivity contribution in [1.29, 1.82) is 0 Å². The Balaban J connectivity index is 1.61. The van der Waals surface area contributed by atoms with Crippen molar-refractivity contribution in [3.63, 3.8) is 0 Å². The van der Waals surface area contributed by atoms with E-state index in [9.17, 15) is 14.4 Å². The molecule has 0 aromatic heterocycles. The van der Waals surface area contributed by atoms with Crippen LogP contribution in [0.15, 0.2) is 0 Å². The Kier molecular flexibility index (Phi) is 4.86. The molecule has 4 fully saturated rings. The Morgan fingerprint density at radius 1 is 0.966 bits per heavy atom. The topological polar surface area (TPSA) is 69.7 Å². The van der Waals surface area contributed by atoms with Gasteiger partial charge < -0.3 is 9.47 Å². The van der Waals surface area contributed by atoms with Gasteiger partial charge in [-0.25, -0.2) is 4.39 Å². The van der Waals surface area contributed by atoms with Gasteiger partial charge >= 0.3 is 11.9 Å². The molecule has 0 heterocycles. The standard InChI is InChI=1S/C23H33FO5/c1-13(25)28-15-7-10-22(4)18-8-9-21(3)17(5-6-20(21)29-14(2)26)16(18)11-19(27)23(22,24)12-15/h15-18,20H,5-12H2,1-4H3/t15-,16-,17-,18-,20-,21-,22+,23-/m0/s1. The molecule has 0 aromatic rings. The number of ketones is 1. The van der Waals surface area contributed by atoms with E-state index in [1.807, 2.05) is 6.92 Å². The first-order valence-corrected chi connectivity index (χ1v) is 11.1. The van der Waals surface area contributed by atoms with Crippen LogP contribution in [0, 0.1) is 28.6 Å². The third kappa shape index (κ3) is 2.96. The number of carbonyl (C=O) groups is 3. The highest BCUT2D eigenvalue weighted by molar-refractivity contribution is 5.90. The molecular formula is C23H33FO5. The lowest BCUT2D eigenvalue weighted by Gasteiger charge is -2.61. The van der Waals surface area contributed by atoms with Crippen LogP contribution in [0.25, 0.3) is 0 Å². The maximum atomic E-state index is 16.3. The van der Waals surface area contributed by atoms with E-state index in [0.29, 0.717) is 12.8 Å². The second kappa shape index (κ2) is 6.78. The van der Waals surface area contributed by atoms with Crippen LogP contribution >= 0.6 is 0 Å². The number of fused-ring (bicyclic) bond motifs is 5.